The first-order chi connectivity index (χ1) is 10.6. The monoisotopic (exact) mass is 318 g/mol. The zero-order valence-corrected chi connectivity index (χ0v) is 15.0. The molecule has 1 aliphatic rings. The minimum atomic E-state index is -0.773. The zero-order valence-electron chi connectivity index (χ0n) is 15.0. The van der Waals surface area contributed by atoms with E-state index >= 15 is 0 Å². The molecule has 0 bridgehead atoms. The first-order valence-electron chi connectivity index (χ1n) is 8.44. The second-order valence-corrected chi connectivity index (χ2v) is 8.16. The number of hydrogen-bond acceptors (Lipinski definition) is 3. The molecule has 1 aromatic rings. The van der Waals surface area contributed by atoms with Crippen LogP contribution in [-0.2, 0) is 10.2 Å². The molecule has 0 aliphatic carbocycles. The van der Waals surface area contributed by atoms with Crippen LogP contribution in [0.5, 0.6) is 0 Å². The molecule has 23 heavy (non-hydrogen) atoms. The molecule has 2 N–H and O–H groups in total. The van der Waals surface area contributed by atoms with Crippen molar-refractivity contribution in [3.8, 4) is 0 Å². The van der Waals surface area contributed by atoms with Crippen LogP contribution in [0.3, 0.4) is 0 Å². The summed E-state index contributed by atoms with van der Waals surface area (Å²) in [6.07, 6.45) is 1.97. The second-order valence-electron chi connectivity index (χ2n) is 8.16. The predicted octanol–water partition coefficient (Wildman–Crippen LogP) is 3.16. The Balaban J connectivity index is 1.95. The Kier molecular flexibility index (Phi) is 5.17. The first kappa shape index (κ1) is 18.0. The van der Waals surface area contributed by atoms with Crippen molar-refractivity contribution in [3.05, 3.63) is 29.8 Å². The Hall–Kier alpha value is -1.39. The van der Waals surface area contributed by atoms with Gasteiger partial charge in [0.05, 0.1) is 12.1 Å². The van der Waals surface area contributed by atoms with Crippen molar-refractivity contribution in [2.75, 3.05) is 18.4 Å². The smallest absolute Gasteiger partial charge is 0.238 e. The van der Waals surface area contributed by atoms with E-state index in [2.05, 4.69) is 43.1 Å². The highest BCUT2D eigenvalue weighted by molar-refractivity contribution is 5.92. The molecule has 128 valence electrons. The number of nitrogens with zero attached hydrogens (tertiary/aromatic N) is 1. The highest BCUT2D eigenvalue weighted by atomic mass is 16.3. The fraction of sp³-hybridized carbons (Fsp3) is 0.632. The van der Waals surface area contributed by atoms with Crippen LogP contribution in [0.15, 0.2) is 24.3 Å². The number of aliphatic hydroxyl groups is 1. The highest BCUT2D eigenvalue weighted by Crippen LogP contribution is 2.27. The number of benzene rings is 1. The van der Waals surface area contributed by atoms with E-state index in [1.807, 2.05) is 26.0 Å². The lowest BCUT2D eigenvalue weighted by atomic mass is 9.87. The number of amides is 1. The highest BCUT2D eigenvalue weighted by Gasteiger charge is 2.36. The summed E-state index contributed by atoms with van der Waals surface area (Å²) in [6.45, 7) is 11.3. The van der Waals surface area contributed by atoms with Gasteiger partial charge in [0.1, 0.15) is 0 Å². The second kappa shape index (κ2) is 6.62. The molecule has 1 atom stereocenters. The van der Waals surface area contributed by atoms with Crippen LogP contribution in [0.4, 0.5) is 5.69 Å². The average Bonchev–Trinajstić information content (AvgIpc) is 2.86. The zero-order chi connectivity index (χ0) is 17.3. The van der Waals surface area contributed by atoms with Gasteiger partial charge < -0.3 is 10.4 Å². The maximum atomic E-state index is 12.3. The molecule has 1 saturated heterocycles. The summed E-state index contributed by atoms with van der Waals surface area (Å²) in [5, 5.41) is 13.2. The van der Waals surface area contributed by atoms with Crippen molar-refractivity contribution in [1.82, 2.24) is 4.90 Å². The summed E-state index contributed by atoms with van der Waals surface area (Å²) in [6, 6.07) is 8.08. The molecular formula is C19H30N2O2. The maximum Gasteiger partial charge on any atom is 0.238 e. The quantitative estimate of drug-likeness (QED) is 0.896. The molecule has 1 amide bonds. The summed E-state index contributed by atoms with van der Waals surface area (Å²) >= 11 is 0. The molecule has 4 nitrogen and oxygen atoms in total. The molecule has 0 radical (unpaired) electrons. The summed E-state index contributed by atoms with van der Waals surface area (Å²) in [7, 11) is 0. The third kappa shape index (κ3) is 4.79. The molecule has 1 aliphatic heterocycles. The third-order valence-electron chi connectivity index (χ3n) is 4.56. The molecule has 4 heteroatoms. The van der Waals surface area contributed by atoms with Crippen LogP contribution in [0.1, 0.15) is 53.0 Å². The first-order valence-corrected chi connectivity index (χ1v) is 8.44. The van der Waals surface area contributed by atoms with Crippen molar-refractivity contribution >= 4 is 11.6 Å². The van der Waals surface area contributed by atoms with Gasteiger partial charge >= 0.3 is 0 Å². The molecule has 0 aromatic heterocycles. The van der Waals surface area contributed by atoms with E-state index in [9.17, 15) is 9.90 Å². The van der Waals surface area contributed by atoms with Crippen LogP contribution < -0.4 is 5.32 Å². The van der Waals surface area contributed by atoms with Crippen molar-refractivity contribution in [2.45, 2.75) is 64.5 Å². The fourth-order valence-electron chi connectivity index (χ4n) is 3.25. The normalized spacial score (nSPS) is 19.8. The Bertz CT molecular complexity index is 538. The number of anilines is 1. The SMILES string of the molecule is CC(C)(C)c1ccc(NC(=O)CN2CCCC2C(C)(C)O)cc1. The lowest BCUT2D eigenvalue weighted by molar-refractivity contribution is -0.118. The number of hydrogen-bond donors (Lipinski definition) is 2. The number of carbonyl (C=O) groups is 1. The van der Waals surface area contributed by atoms with Crippen molar-refractivity contribution in [3.63, 3.8) is 0 Å². The molecule has 1 heterocycles. The topological polar surface area (TPSA) is 52.6 Å². The Morgan fingerprint density at radius 1 is 1.22 bits per heavy atom. The molecule has 1 fully saturated rings. The van der Waals surface area contributed by atoms with E-state index in [4.69, 9.17) is 0 Å². The van der Waals surface area contributed by atoms with Gasteiger partial charge in [-0.1, -0.05) is 32.9 Å². The van der Waals surface area contributed by atoms with Crippen LogP contribution in [-0.4, -0.2) is 40.6 Å². The van der Waals surface area contributed by atoms with E-state index in [1.165, 1.54) is 5.56 Å². The van der Waals surface area contributed by atoms with Gasteiger partial charge in [-0.15, -0.1) is 0 Å². The van der Waals surface area contributed by atoms with Crippen LogP contribution in [0.2, 0.25) is 0 Å². The maximum absolute atomic E-state index is 12.3. The number of rotatable bonds is 4. The lowest BCUT2D eigenvalue weighted by Crippen LogP contribution is -2.48. The summed E-state index contributed by atoms with van der Waals surface area (Å²) < 4.78 is 0. The van der Waals surface area contributed by atoms with Gasteiger partial charge in [-0.2, -0.15) is 0 Å². The van der Waals surface area contributed by atoms with Crippen molar-refractivity contribution in [1.29, 1.82) is 0 Å². The largest absolute Gasteiger partial charge is 0.389 e. The molecule has 1 unspecified atom stereocenters. The Morgan fingerprint density at radius 3 is 2.35 bits per heavy atom. The van der Waals surface area contributed by atoms with Gasteiger partial charge in [0.15, 0.2) is 0 Å². The minimum absolute atomic E-state index is 0.0235. The average molecular weight is 318 g/mol. The standard InChI is InChI=1S/C19H30N2O2/c1-18(2,3)14-8-10-15(11-9-14)20-17(22)13-21-12-6-7-16(21)19(4,5)23/h8-11,16,23H,6-7,12-13H2,1-5H3,(H,20,22). The van der Waals surface area contributed by atoms with Gasteiger partial charge in [0.2, 0.25) is 5.91 Å². The van der Waals surface area contributed by atoms with E-state index in [0.717, 1.165) is 25.1 Å². The summed E-state index contributed by atoms with van der Waals surface area (Å²) in [5.74, 6) is -0.0235. The molecule has 1 aromatic carbocycles. The van der Waals surface area contributed by atoms with Gasteiger partial charge in [0.25, 0.3) is 0 Å². The number of nitrogens with one attached hydrogen (secondary N) is 1. The van der Waals surface area contributed by atoms with Crippen molar-refractivity contribution < 1.29 is 9.90 Å². The van der Waals surface area contributed by atoms with E-state index in [-0.39, 0.29) is 17.4 Å². The predicted molar refractivity (Wildman–Crippen MR) is 94.7 cm³/mol. The molecule has 0 spiro atoms. The number of carbonyl (C=O) groups excluding carboxylic acids is 1. The van der Waals surface area contributed by atoms with Gasteiger partial charge in [-0.3, -0.25) is 9.69 Å². The van der Waals surface area contributed by atoms with E-state index in [0.29, 0.717) is 6.54 Å². The minimum Gasteiger partial charge on any atom is -0.389 e. The number of likely N-dealkylation sites (tertiary alicyclic amines) is 1. The van der Waals surface area contributed by atoms with Crippen LogP contribution in [0, 0.1) is 0 Å². The lowest BCUT2D eigenvalue weighted by Gasteiger charge is -2.33. The van der Waals surface area contributed by atoms with Gasteiger partial charge in [-0.05, 0) is 56.3 Å². The third-order valence-corrected chi connectivity index (χ3v) is 4.56. The van der Waals surface area contributed by atoms with E-state index in [1.54, 1.807) is 0 Å². The van der Waals surface area contributed by atoms with Crippen LogP contribution in [0.25, 0.3) is 0 Å². The summed E-state index contributed by atoms with van der Waals surface area (Å²) in [5.41, 5.74) is 1.41. The molecule has 2 rings (SSSR count). The van der Waals surface area contributed by atoms with Gasteiger partial charge in [0, 0.05) is 11.7 Å². The fourth-order valence-corrected chi connectivity index (χ4v) is 3.25. The molecular weight excluding hydrogens is 288 g/mol. The Morgan fingerprint density at radius 2 is 1.83 bits per heavy atom. The van der Waals surface area contributed by atoms with E-state index < -0.39 is 5.60 Å². The summed E-state index contributed by atoms with van der Waals surface area (Å²) in [4.78, 5) is 14.4. The Labute approximate surface area is 139 Å². The molecule has 0 saturated carbocycles. The van der Waals surface area contributed by atoms with Gasteiger partial charge in [-0.25, -0.2) is 0 Å². The van der Waals surface area contributed by atoms with Crippen molar-refractivity contribution in [2.24, 2.45) is 0 Å². The van der Waals surface area contributed by atoms with Crippen LogP contribution >= 0.6 is 0 Å².